The monoisotopic (exact) mass is 412 g/mol. The molecule has 0 saturated heterocycles. The van der Waals surface area contributed by atoms with Crippen molar-refractivity contribution in [2.75, 3.05) is 32.1 Å². The first kappa shape index (κ1) is 22.1. The molecule has 162 valence electrons. The van der Waals surface area contributed by atoms with Crippen molar-refractivity contribution < 1.29 is 14.7 Å². The Kier molecular flexibility index (Phi) is 6.06. The molecule has 3 rings (SSSR count). The normalized spacial score (nSPS) is 23.2. The van der Waals surface area contributed by atoms with Crippen molar-refractivity contribution >= 4 is 17.5 Å². The molecule has 2 amide bonds. The van der Waals surface area contributed by atoms with E-state index in [9.17, 15) is 14.7 Å². The molecule has 0 radical (unpaired) electrons. The molecule has 7 nitrogen and oxygen atoms in total. The first-order valence-corrected chi connectivity index (χ1v) is 10.2. The van der Waals surface area contributed by atoms with Crippen LogP contribution in [-0.2, 0) is 9.59 Å². The number of rotatable bonds is 2. The Morgan fingerprint density at radius 3 is 2.40 bits per heavy atom. The lowest BCUT2D eigenvalue weighted by atomic mass is 9.97. The van der Waals surface area contributed by atoms with Gasteiger partial charge < -0.3 is 15.3 Å². The van der Waals surface area contributed by atoms with Gasteiger partial charge in [-0.15, -0.1) is 0 Å². The maximum Gasteiger partial charge on any atom is 0.259 e. The predicted octanol–water partition coefficient (Wildman–Crippen LogP) is 1.63. The van der Waals surface area contributed by atoms with Crippen molar-refractivity contribution in [2.24, 2.45) is 0 Å². The zero-order valence-corrected chi connectivity index (χ0v) is 18.6. The molecule has 1 aromatic carbocycles. The van der Waals surface area contributed by atoms with Gasteiger partial charge in [0.05, 0.1) is 0 Å². The summed E-state index contributed by atoms with van der Waals surface area (Å²) in [5, 5.41) is 13.9. The lowest BCUT2D eigenvalue weighted by Crippen LogP contribution is -2.60. The summed E-state index contributed by atoms with van der Waals surface area (Å²) in [6.07, 6.45) is 2.60. The SMILES string of the molecule is Cc1ccc(N2C(=O)C3=C(CN(C)C=C3)C(O)N(C)CC2C(=O)NC(C)(C)C)cc1. The van der Waals surface area contributed by atoms with Gasteiger partial charge in [0.2, 0.25) is 5.91 Å². The Balaban J connectivity index is 2.14. The first-order valence-electron chi connectivity index (χ1n) is 10.2. The lowest BCUT2D eigenvalue weighted by molar-refractivity contribution is -0.127. The molecule has 2 atom stereocenters. The number of aryl methyl sites for hydroxylation is 1. The number of hydrogen-bond donors (Lipinski definition) is 2. The number of carbonyl (C=O) groups is 2. The fourth-order valence-corrected chi connectivity index (χ4v) is 3.79. The maximum atomic E-state index is 13.7. The number of aliphatic hydroxyl groups is 1. The van der Waals surface area contributed by atoms with E-state index in [0.29, 0.717) is 23.4 Å². The highest BCUT2D eigenvalue weighted by molar-refractivity contribution is 6.12. The van der Waals surface area contributed by atoms with Crippen LogP contribution in [0.4, 0.5) is 5.69 Å². The number of likely N-dealkylation sites (N-methyl/N-ethyl adjacent to an activating group) is 2. The molecule has 0 spiro atoms. The van der Waals surface area contributed by atoms with Gasteiger partial charge in [0.15, 0.2) is 0 Å². The van der Waals surface area contributed by atoms with Gasteiger partial charge in [-0.3, -0.25) is 19.4 Å². The van der Waals surface area contributed by atoms with Crippen LogP contribution in [-0.4, -0.2) is 71.7 Å². The Bertz CT molecular complexity index is 883. The number of benzene rings is 1. The van der Waals surface area contributed by atoms with E-state index in [0.717, 1.165) is 5.56 Å². The summed E-state index contributed by atoms with van der Waals surface area (Å²) in [4.78, 5) is 32.2. The van der Waals surface area contributed by atoms with Crippen LogP contribution in [0.1, 0.15) is 26.3 Å². The standard InChI is InChI=1S/C23H32N4O3/c1-15-7-9-16(10-8-15)27-19(20(28)24-23(2,3)4)14-26(6)21(29)18-13-25(5)12-11-17(18)22(27)30/h7-12,19,21,29H,13-14H2,1-6H3,(H,24,28). The fourth-order valence-electron chi connectivity index (χ4n) is 3.79. The lowest BCUT2D eigenvalue weighted by Gasteiger charge is -2.41. The predicted molar refractivity (Wildman–Crippen MR) is 118 cm³/mol. The van der Waals surface area contributed by atoms with E-state index < -0.39 is 17.8 Å². The third kappa shape index (κ3) is 4.57. The van der Waals surface area contributed by atoms with Gasteiger partial charge in [0.25, 0.3) is 5.91 Å². The van der Waals surface area contributed by atoms with Gasteiger partial charge in [-0.25, -0.2) is 0 Å². The second kappa shape index (κ2) is 8.24. The molecule has 0 fully saturated rings. The highest BCUT2D eigenvalue weighted by Crippen LogP contribution is 2.29. The summed E-state index contributed by atoms with van der Waals surface area (Å²) in [6, 6.07) is 6.79. The average Bonchev–Trinajstić information content (AvgIpc) is 2.65. The Hall–Kier alpha value is -2.64. The molecule has 0 saturated carbocycles. The minimum absolute atomic E-state index is 0.201. The largest absolute Gasteiger partial charge is 0.376 e. The molecule has 2 unspecified atom stereocenters. The summed E-state index contributed by atoms with van der Waals surface area (Å²) >= 11 is 0. The Morgan fingerprint density at radius 2 is 1.80 bits per heavy atom. The third-order valence-corrected chi connectivity index (χ3v) is 5.33. The van der Waals surface area contributed by atoms with Crippen molar-refractivity contribution in [2.45, 2.75) is 45.5 Å². The van der Waals surface area contributed by atoms with Crippen LogP contribution in [0.25, 0.3) is 0 Å². The van der Waals surface area contributed by atoms with E-state index >= 15 is 0 Å². The van der Waals surface area contributed by atoms with Gasteiger partial charge >= 0.3 is 0 Å². The topological polar surface area (TPSA) is 76.1 Å². The van der Waals surface area contributed by atoms with E-state index in [1.807, 2.05) is 70.1 Å². The van der Waals surface area contributed by atoms with Crippen LogP contribution in [0.15, 0.2) is 47.7 Å². The molecule has 7 heteroatoms. The van der Waals surface area contributed by atoms with Gasteiger partial charge in [-0.2, -0.15) is 0 Å². The van der Waals surface area contributed by atoms with E-state index in [1.54, 1.807) is 22.9 Å². The number of hydrogen-bond acceptors (Lipinski definition) is 5. The number of amides is 2. The van der Waals surface area contributed by atoms with Crippen LogP contribution in [0.2, 0.25) is 0 Å². The van der Waals surface area contributed by atoms with Gasteiger partial charge in [-0.1, -0.05) is 17.7 Å². The van der Waals surface area contributed by atoms with E-state index in [1.165, 1.54) is 0 Å². The molecular formula is C23H32N4O3. The quantitative estimate of drug-likeness (QED) is 0.772. The van der Waals surface area contributed by atoms with E-state index in [4.69, 9.17) is 0 Å². The molecule has 30 heavy (non-hydrogen) atoms. The van der Waals surface area contributed by atoms with Crippen molar-refractivity contribution in [3.8, 4) is 0 Å². The summed E-state index contributed by atoms with van der Waals surface area (Å²) in [6.45, 7) is 8.35. The molecule has 2 heterocycles. The number of carbonyl (C=O) groups excluding carboxylic acids is 2. The maximum absolute atomic E-state index is 13.7. The fraction of sp³-hybridized carbons (Fsp3) is 0.478. The number of anilines is 1. The van der Waals surface area contributed by atoms with Crippen LogP contribution in [0, 0.1) is 6.92 Å². The van der Waals surface area contributed by atoms with Crippen LogP contribution in [0.3, 0.4) is 0 Å². The van der Waals surface area contributed by atoms with Crippen molar-refractivity contribution in [3.05, 3.63) is 53.3 Å². The van der Waals surface area contributed by atoms with Crippen LogP contribution in [0.5, 0.6) is 0 Å². The summed E-state index contributed by atoms with van der Waals surface area (Å²) in [7, 11) is 3.67. The Morgan fingerprint density at radius 1 is 1.17 bits per heavy atom. The average molecular weight is 413 g/mol. The minimum atomic E-state index is -0.943. The summed E-state index contributed by atoms with van der Waals surface area (Å²) < 4.78 is 0. The molecule has 2 N–H and O–H groups in total. The van der Waals surface area contributed by atoms with Crippen LogP contribution >= 0.6 is 0 Å². The molecule has 2 aliphatic rings. The highest BCUT2D eigenvalue weighted by atomic mass is 16.3. The number of nitrogens with one attached hydrogen (secondary N) is 1. The van der Waals surface area contributed by atoms with Gasteiger partial charge in [-0.05, 0) is 59.2 Å². The van der Waals surface area contributed by atoms with Crippen molar-refractivity contribution in [3.63, 3.8) is 0 Å². The van der Waals surface area contributed by atoms with Gasteiger partial charge in [0, 0.05) is 42.5 Å². The third-order valence-electron chi connectivity index (χ3n) is 5.33. The zero-order valence-electron chi connectivity index (χ0n) is 18.6. The first-order chi connectivity index (χ1) is 14.0. The zero-order chi connectivity index (χ0) is 22.2. The summed E-state index contributed by atoms with van der Waals surface area (Å²) in [5.41, 5.74) is 2.35. The molecule has 0 aliphatic carbocycles. The van der Waals surface area contributed by atoms with E-state index in [2.05, 4.69) is 5.32 Å². The van der Waals surface area contributed by atoms with Crippen molar-refractivity contribution in [1.82, 2.24) is 15.1 Å². The van der Waals surface area contributed by atoms with Crippen molar-refractivity contribution in [1.29, 1.82) is 0 Å². The molecular weight excluding hydrogens is 380 g/mol. The molecule has 0 aromatic heterocycles. The molecule has 0 bridgehead atoms. The van der Waals surface area contributed by atoms with E-state index in [-0.39, 0.29) is 18.4 Å². The number of nitrogens with zero attached hydrogens (tertiary/aromatic N) is 3. The van der Waals surface area contributed by atoms with Gasteiger partial charge in [0.1, 0.15) is 12.3 Å². The molecule has 1 aromatic rings. The second-order valence-electron chi connectivity index (χ2n) is 9.25. The smallest absolute Gasteiger partial charge is 0.259 e. The van der Waals surface area contributed by atoms with Crippen LogP contribution < -0.4 is 10.2 Å². The highest BCUT2D eigenvalue weighted by Gasteiger charge is 2.40. The molecule has 2 aliphatic heterocycles. The Labute approximate surface area is 178 Å². The minimum Gasteiger partial charge on any atom is -0.376 e. The number of aliphatic hydroxyl groups excluding tert-OH is 1. The second-order valence-corrected chi connectivity index (χ2v) is 9.25. The summed E-state index contributed by atoms with van der Waals surface area (Å²) in [5.74, 6) is -0.532.